The van der Waals surface area contributed by atoms with E-state index in [-0.39, 0.29) is 29.9 Å². The largest absolute Gasteiger partial charge is 0.478 e. The van der Waals surface area contributed by atoms with E-state index >= 15 is 0 Å². The maximum absolute atomic E-state index is 12.4. The lowest BCUT2D eigenvalue weighted by Crippen LogP contribution is -2.44. The van der Waals surface area contributed by atoms with Gasteiger partial charge in [0.15, 0.2) is 0 Å². The molecule has 0 saturated carbocycles. The quantitative estimate of drug-likeness (QED) is 0.0197. The molecular weight excluding hydrogens is 1220 g/mol. The molecule has 97 heavy (non-hydrogen) atoms. The molecule has 4 atom stereocenters. The van der Waals surface area contributed by atoms with E-state index in [2.05, 4.69) is 88.2 Å². The van der Waals surface area contributed by atoms with E-state index in [1.54, 1.807) is 36.4 Å². The number of carbonyl (C=O) groups is 7. The number of amides is 4. The molecule has 0 bridgehead atoms. The zero-order valence-corrected chi connectivity index (χ0v) is 57.9. The Bertz CT molecular complexity index is 3610. The van der Waals surface area contributed by atoms with Gasteiger partial charge in [-0.25, -0.2) is 9.59 Å². The fourth-order valence-electron chi connectivity index (χ4n) is 9.67. The van der Waals surface area contributed by atoms with Crippen LogP contribution in [0.4, 0.5) is 0 Å². The van der Waals surface area contributed by atoms with Crippen molar-refractivity contribution in [2.24, 2.45) is 17.2 Å². The molecule has 0 aliphatic carbocycles. The highest BCUT2D eigenvalue weighted by Gasteiger charge is 2.23. The van der Waals surface area contributed by atoms with Gasteiger partial charge in [-0.1, -0.05) is 225 Å². The molecular formula is C81H100N6O10. The smallest absolute Gasteiger partial charge is 0.335 e. The molecule has 0 saturated heterocycles. The van der Waals surface area contributed by atoms with Gasteiger partial charge in [0.2, 0.25) is 5.91 Å². The summed E-state index contributed by atoms with van der Waals surface area (Å²) in [5.41, 5.74) is 28.5. The average Bonchev–Trinajstić information content (AvgIpc) is 2.95. The molecule has 0 radical (unpaired) electrons. The lowest BCUT2D eigenvalue weighted by molar-refractivity contribution is -0.143. The molecule has 16 nitrogen and oxygen atoms in total. The summed E-state index contributed by atoms with van der Waals surface area (Å²) in [7, 11) is 2.69. The number of aromatic carboxylic acids is 1. The van der Waals surface area contributed by atoms with E-state index in [0.717, 1.165) is 30.4 Å². The molecule has 0 unspecified atom stereocenters. The van der Waals surface area contributed by atoms with Gasteiger partial charge in [0.1, 0.15) is 18.1 Å². The Morgan fingerprint density at radius 1 is 0.351 bits per heavy atom. The molecule has 0 aliphatic heterocycles. The molecule has 0 aromatic heterocycles. The van der Waals surface area contributed by atoms with Crippen molar-refractivity contribution in [1.82, 2.24) is 16.0 Å². The second-order valence-electron chi connectivity index (χ2n) is 24.7. The summed E-state index contributed by atoms with van der Waals surface area (Å²) in [6, 6.07) is 67.5. The SMILES string of the molecule is CC(C)c1ccc(C(=O)N[C@@H](CCc2ccccc2)C(N)=O)cc1.CC(C)c1ccc(C(=O)N[C@@H](N)CCc2ccccc2)cc1.CC(C)c1ccc(C(=O)O)cc1.COC(=O)[C@H](CCc1ccccc1)NC(=O)c1ccc(C(C)C)cc1.COC(=O)[C@H](N)CCc1ccccc1. The molecule has 0 fully saturated rings. The zero-order chi connectivity index (χ0) is 71.2. The summed E-state index contributed by atoms with van der Waals surface area (Å²) in [6.07, 6.45) is 5.01. The molecule has 0 aliphatic rings. The van der Waals surface area contributed by atoms with Gasteiger partial charge in [-0.3, -0.25) is 24.0 Å². The first kappa shape index (κ1) is 79.4. The van der Waals surface area contributed by atoms with Gasteiger partial charge in [0.05, 0.1) is 25.9 Å². The summed E-state index contributed by atoms with van der Waals surface area (Å²) in [5.74, 6) is -1.08. The van der Waals surface area contributed by atoms with Gasteiger partial charge in [0.25, 0.3) is 17.7 Å². The third-order valence-corrected chi connectivity index (χ3v) is 15.9. The Morgan fingerprint density at radius 2 is 0.619 bits per heavy atom. The van der Waals surface area contributed by atoms with Crippen LogP contribution in [0.15, 0.2) is 218 Å². The van der Waals surface area contributed by atoms with Crippen molar-refractivity contribution >= 4 is 41.5 Å². The number of carboxylic acid groups (broad SMARTS) is 1. The number of nitrogens with one attached hydrogen (secondary N) is 3. The number of carboxylic acids is 1. The number of primary amides is 1. The van der Waals surface area contributed by atoms with Crippen molar-refractivity contribution < 1.29 is 48.1 Å². The van der Waals surface area contributed by atoms with Crippen LogP contribution in [0.25, 0.3) is 0 Å². The van der Waals surface area contributed by atoms with E-state index < -0.39 is 36.0 Å². The summed E-state index contributed by atoms with van der Waals surface area (Å²) < 4.78 is 9.37. The third-order valence-electron chi connectivity index (χ3n) is 15.9. The van der Waals surface area contributed by atoms with E-state index in [9.17, 15) is 33.6 Å². The Balaban J connectivity index is 0.000000264. The van der Waals surface area contributed by atoms with Gasteiger partial charge in [-0.15, -0.1) is 0 Å². The summed E-state index contributed by atoms with van der Waals surface area (Å²) in [5, 5.41) is 17.0. The number of esters is 2. The molecule has 514 valence electrons. The predicted molar refractivity (Wildman–Crippen MR) is 387 cm³/mol. The van der Waals surface area contributed by atoms with E-state index in [0.29, 0.717) is 78.0 Å². The van der Waals surface area contributed by atoms with Crippen LogP contribution in [-0.4, -0.2) is 85.2 Å². The summed E-state index contributed by atoms with van der Waals surface area (Å²) >= 11 is 0. The van der Waals surface area contributed by atoms with E-state index in [1.165, 1.54) is 47.6 Å². The Labute approximate surface area is 574 Å². The summed E-state index contributed by atoms with van der Waals surface area (Å²) in [4.78, 5) is 82.1. The Hall–Kier alpha value is -10.0. The number of benzene rings is 8. The molecule has 0 spiro atoms. The minimum Gasteiger partial charge on any atom is -0.478 e. The van der Waals surface area contributed by atoms with Crippen molar-refractivity contribution in [3.05, 3.63) is 285 Å². The van der Waals surface area contributed by atoms with Gasteiger partial charge in [0, 0.05) is 16.7 Å². The van der Waals surface area contributed by atoms with Crippen LogP contribution in [0.5, 0.6) is 0 Å². The van der Waals surface area contributed by atoms with Crippen LogP contribution in [-0.2, 0) is 49.5 Å². The second-order valence-corrected chi connectivity index (χ2v) is 24.7. The minimum atomic E-state index is -0.870. The average molecular weight is 1320 g/mol. The highest BCUT2D eigenvalue weighted by Crippen LogP contribution is 2.19. The van der Waals surface area contributed by atoms with Crippen molar-refractivity contribution in [2.45, 2.75) is 155 Å². The molecule has 10 N–H and O–H groups in total. The molecule has 16 heteroatoms. The molecule has 8 rings (SSSR count). The van der Waals surface area contributed by atoms with Crippen LogP contribution in [0.3, 0.4) is 0 Å². The van der Waals surface area contributed by atoms with Crippen LogP contribution in [0, 0.1) is 0 Å². The van der Waals surface area contributed by atoms with Crippen molar-refractivity contribution in [2.75, 3.05) is 14.2 Å². The number of aryl methyl sites for hydroxylation is 4. The van der Waals surface area contributed by atoms with Gasteiger partial charge in [-0.05, 0) is 168 Å². The standard InChI is InChI=1S/C21H25NO3.C20H24N2O2.C19H24N2O.C11H15NO2.C10H12O2/c1-15(2)17-10-12-18(13-11-17)20(23)22-19(21(24)25-3)14-9-16-7-5-4-6-8-16;1-14(2)16-9-11-17(12-10-16)20(24)22-18(19(21)23)13-8-15-6-4-3-5-7-15;1-14(2)16-9-11-17(12-10-16)19(22)21-18(20)13-8-15-6-4-3-5-7-15;1-14-11(13)10(12)8-7-9-5-3-2-4-6-9;1-7(2)8-3-5-9(6-4-8)10(11)12/h4-8,10-13,15,19H,9,14H2,1-3H3,(H,22,23);3-7,9-12,14,18H,8,13H2,1-2H3,(H2,21,23)(H,22,24);3-7,9-12,14,18H,8,13,20H2,1-2H3,(H,21,22);2-6,10H,7-8,12H2,1H3;3-7H,1-2H3,(H,11,12)/t19-;2*18-;10-;/m0011./s1. The van der Waals surface area contributed by atoms with Gasteiger partial charge in [-0.2, -0.15) is 0 Å². The number of hydrogen-bond acceptors (Lipinski definition) is 11. The van der Waals surface area contributed by atoms with Crippen LogP contribution < -0.4 is 33.2 Å². The monoisotopic (exact) mass is 1320 g/mol. The highest BCUT2D eigenvalue weighted by atomic mass is 16.5. The third kappa shape index (κ3) is 30.1. The molecule has 8 aromatic carbocycles. The first-order valence-electron chi connectivity index (χ1n) is 33.1. The van der Waals surface area contributed by atoms with Crippen LogP contribution in [0.1, 0.15) is 191 Å². The Kier molecular flexibility index (Phi) is 35.3. The molecule has 0 heterocycles. The van der Waals surface area contributed by atoms with Crippen molar-refractivity contribution in [3.8, 4) is 0 Å². The normalized spacial score (nSPS) is 11.8. The van der Waals surface area contributed by atoms with Gasteiger partial charge < -0.3 is 47.7 Å². The maximum Gasteiger partial charge on any atom is 0.335 e. The molecule has 8 aromatic rings. The van der Waals surface area contributed by atoms with E-state index in [4.69, 9.17) is 27.0 Å². The molecule has 4 amide bonds. The van der Waals surface area contributed by atoms with Gasteiger partial charge >= 0.3 is 17.9 Å². The fraction of sp³-hybridized carbons (Fsp3) is 0.321. The van der Waals surface area contributed by atoms with Crippen molar-refractivity contribution in [3.63, 3.8) is 0 Å². The maximum atomic E-state index is 12.4. The highest BCUT2D eigenvalue weighted by molar-refractivity contribution is 5.98. The van der Waals surface area contributed by atoms with Crippen molar-refractivity contribution in [1.29, 1.82) is 0 Å². The minimum absolute atomic E-state index is 0.115. The topological polar surface area (TPSA) is 272 Å². The number of carbonyl (C=O) groups excluding carboxylic acids is 6. The predicted octanol–water partition coefficient (Wildman–Crippen LogP) is 13.8. The fourth-order valence-corrected chi connectivity index (χ4v) is 9.67. The second kappa shape index (κ2) is 43.1. The lowest BCUT2D eigenvalue weighted by Gasteiger charge is -2.17. The number of nitrogens with two attached hydrogens (primary N) is 3. The Morgan fingerprint density at radius 3 is 0.907 bits per heavy atom. The first-order valence-corrected chi connectivity index (χ1v) is 33.1. The summed E-state index contributed by atoms with van der Waals surface area (Å²) in [6.45, 7) is 16.8. The number of ether oxygens (including phenoxy) is 2. The number of methoxy groups -OCH3 is 2. The van der Waals surface area contributed by atoms with Crippen LogP contribution in [0.2, 0.25) is 0 Å². The first-order chi connectivity index (χ1) is 46.4. The lowest BCUT2D eigenvalue weighted by atomic mass is 10.0. The number of rotatable bonds is 26. The zero-order valence-electron chi connectivity index (χ0n) is 57.9. The number of hydrogen-bond donors (Lipinski definition) is 7. The van der Waals surface area contributed by atoms with Crippen LogP contribution >= 0.6 is 0 Å². The van der Waals surface area contributed by atoms with E-state index in [1.807, 2.05) is 170 Å².